The van der Waals surface area contributed by atoms with Crippen molar-refractivity contribution in [1.82, 2.24) is 4.98 Å². The summed E-state index contributed by atoms with van der Waals surface area (Å²) in [7, 11) is -0.585. The number of carbonyl (C=O) groups excluding carboxylic acids is 1. The van der Waals surface area contributed by atoms with Gasteiger partial charge in [0.15, 0.2) is 8.32 Å². The van der Waals surface area contributed by atoms with Gasteiger partial charge in [0.05, 0.1) is 25.3 Å². The molecule has 0 saturated heterocycles. The van der Waals surface area contributed by atoms with Crippen molar-refractivity contribution in [2.45, 2.75) is 51.4 Å². The van der Waals surface area contributed by atoms with E-state index in [1.807, 2.05) is 18.2 Å². The molecule has 0 spiro atoms. The minimum absolute atomic E-state index is 0.0795. The monoisotopic (exact) mass is 295 g/mol. The fraction of sp³-hybridized carbons (Fsp3) is 0.600. The zero-order chi connectivity index (χ0) is 15.4. The van der Waals surface area contributed by atoms with Gasteiger partial charge in [-0.1, -0.05) is 26.8 Å². The number of esters is 1. The molecule has 0 aromatic carbocycles. The van der Waals surface area contributed by atoms with Gasteiger partial charge in [-0.05, 0) is 30.3 Å². The Hall–Kier alpha value is -1.20. The van der Waals surface area contributed by atoms with Crippen molar-refractivity contribution in [3.8, 4) is 0 Å². The number of rotatable bonds is 5. The summed E-state index contributed by atoms with van der Waals surface area (Å²) in [6.45, 7) is 10.9. The van der Waals surface area contributed by atoms with E-state index in [1.165, 1.54) is 7.11 Å². The van der Waals surface area contributed by atoms with Gasteiger partial charge in [-0.2, -0.15) is 0 Å². The first-order valence-electron chi connectivity index (χ1n) is 6.83. The Balaban J connectivity index is 2.98. The molecule has 0 aliphatic heterocycles. The minimum Gasteiger partial charge on any atom is -0.469 e. The molecule has 1 aromatic heterocycles. The maximum absolute atomic E-state index is 11.6. The highest BCUT2D eigenvalue weighted by Crippen LogP contribution is 2.40. The van der Waals surface area contributed by atoms with E-state index < -0.39 is 8.32 Å². The van der Waals surface area contributed by atoms with Crippen molar-refractivity contribution in [3.05, 3.63) is 30.1 Å². The van der Waals surface area contributed by atoms with Gasteiger partial charge in [-0.3, -0.25) is 9.78 Å². The lowest BCUT2D eigenvalue weighted by atomic mass is 10.2. The number of carbonyl (C=O) groups is 1. The van der Waals surface area contributed by atoms with Crippen LogP contribution in [0.1, 0.15) is 39.0 Å². The fourth-order valence-corrected chi connectivity index (χ4v) is 2.81. The quantitative estimate of drug-likeness (QED) is 0.614. The van der Waals surface area contributed by atoms with E-state index in [-0.39, 0.29) is 23.5 Å². The molecule has 0 fully saturated rings. The third-order valence-electron chi connectivity index (χ3n) is 3.84. The lowest BCUT2D eigenvalue weighted by Gasteiger charge is -2.38. The van der Waals surface area contributed by atoms with Crippen LogP contribution in [0.2, 0.25) is 18.1 Å². The van der Waals surface area contributed by atoms with Crippen LogP contribution in [-0.4, -0.2) is 26.4 Å². The Morgan fingerprint density at radius 3 is 2.45 bits per heavy atom. The lowest BCUT2D eigenvalue weighted by Crippen LogP contribution is -2.42. The van der Waals surface area contributed by atoms with Crippen LogP contribution < -0.4 is 0 Å². The molecular formula is C15H25NO3Si. The summed E-state index contributed by atoms with van der Waals surface area (Å²) in [5.41, 5.74) is 0.780. The summed E-state index contributed by atoms with van der Waals surface area (Å²) in [5.74, 6) is -0.278. The Kier molecular flexibility index (Phi) is 5.47. The summed E-state index contributed by atoms with van der Waals surface area (Å²) < 4.78 is 11.1. The van der Waals surface area contributed by atoms with Gasteiger partial charge in [0.2, 0.25) is 0 Å². The van der Waals surface area contributed by atoms with E-state index >= 15 is 0 Å². The fourth-order valence-electron chi connectivity index (χ4n) is 1.54. The number of aromatic nitrogens is 1. The smallest absolute Gasteiger partial charge is 0.308 e. The van der Waals surface area contributed by atoms with Gasteiger partial charge in [-0.25, -0.2) is 0 Å². The molecule has 4 nitrogen and oxygen atoms in total. The predicted molar refractivity (Wildman–Crippen MR) is 81.9 cm³/mol. The van der Waals surface area contributed by atoms with Crippen molar-refractivity contribution in [3.63, 3.8) is 0 Å². The van der Waals surface area contributed by atoms with Crippen LogP contribution in [0.15, 0.2) is 24.4 Å². The van der Waals surface area contributed by atoms with Crippen LogP contribution in [0, 0.1) is 0 Å². The zero-order valence-corrected chi connectivity index (χ0v) is 14.3. The molecule has 20 heavy (non-hydrogen) atoms. The average Bonchev–Trinajstić information content (AvgIpc) is 2.37. The molecule has 1 aromatic rings. The second kappa shape index (κ2) is 6.50. The van der Waals surface area contributed by atoms with E-state index in [9.17, 15) is 4.79 Å². The largest absolute Gasteiger partial charge is 0.469 e. The van der Waals surface area contributed by atoms with Gasteiger partial charge in [-0.15, -0.1) is 0 Å². The van der Waals surface area contributed by atoms with E-state index in [0.29, 0.717) is 0 Å². The molecule has 1 rings (SSSR count). The molecule has 1 unspecified atom stereocenters. The number of methoxy groups -OCH3 is 1. The molecule has 0 bridgehead atoms. The summed E-state index contributed by atoms with van der Waals surface area (Å²) in [6.07, 6.45) is 1.57. The summed E-state index contributed by atoms with van der Waals surface area (Å²) in [6, 6.07) is 5.65. The molecule has 1 heterocycles. The van der Waals surface area contributed by atoms with Crippen molar-refractivity contribution in [1.29, 1.82) is 0 Å². The van der Waals surface area contributed by atoms with E-state index in [1.54, 1.807) is 6.20 Å². The van der Waals surface area contributed by atoms with Gasteiger partial charge in [0.25, 0.3) is 0 Å². The molecule has 112 valence electrons. The SMILES string of the molecule is COC(=O)CC(O[Si](C)(C)C(C)(C)C)c1ccccn1. The predicted octanol–water partition coefficient (Wildman–Crippen LogP) is 3.71. The highest BCUT2D eigenvalue weighted by molar-refractivity contribution is 6.74. The number of hydrogen-bond acceptors (Lipinski definition) is 4. The molecule has 0 aliphatic carbocycles. The zero-order valence-electron chi connectivity index (χ0n) is 13.3. The summed E-state index contributed by atoms with van der Waals surface area (Å²) in [5, 5.41) is 0.0795. The highest BCUT2D eigenvalue weighted by Gasteiger charge is 2.40. The standard InChI is InChI=1S/C15H25NO3Si/c1-15(2,3)20(5,6)19-13(11-14(17)18-4)12-9-7-8-10-16-12/h7-10,13H,11H2,1-6H3. The minimum atomic E-state index is -1.98. The second-order valence-corrected chi connectivity index (χ2v) is 11.2. The van der Waals surface area contributed by atoms with Crippen LogP contribution in [0.3, 0.4) is 0 Å². The molecule has 0 saturated carbocycles. The van der Waals surface area contributed by atoms with Gasteiger partial charge < -0.3 is 9.16 Å². The Labute approximate surface area is 122 Å². The normalized spacial score (nSPS) is 13.9. The topological polar surface area (TPSA) is 48.4 Å². The van der Waals surface area contributed by atoms with E-state index in [4.69, 9.17) is 9.16 Å². The van der Waals surface area contributed by atoms with Crippen LogP contribution in [-0.2, 0) is 14.0 Å². The average molecular weight is 295 g/mol. The van der Waals surface area contributed by atoms with Gasteiger partial charge in [0.1, 0.15) is 0 Å². The number of pyridine rings is 1. The van der Waals surface area contributed by atoms with Crippen molar-refractivity contribution in [2.75, 3.05) is 7.11 Å². The lowest BCUT2D eigenvalue weighted by molar-refractivity contribution is -0.142. The van der Waals surface area contributed by atoms with Crippen LogP contribution >= 0.6 is 0 Å². The van der Waals surface area contributed by atoms with E-state index in [2.05, 4.69) is 38.8 Å². The van der Waals surface area contributed by atoms with Crippen molar-refractivity contribution in [2.24, 2.45) is 0 Å². The van der Waals surface area contributed by atoms with Crippen LogP contribution in [0.25, 0.3) is 0 Å². The molecule has 1 atom stereocenters. The van der Waals surface area contributed by atoms with Crippen LogP contribution in [0.4, 0.5) is 0 Å². The Bertz CT molecular complexity index is 440. The van der Waals surface area contributed by atoms with Gasteiger partial charge in [0, 0.05) is 6.20 Å². The Morgan fingerprint density at radius 2 is 2.00 bits per heavy atom. The van der Waals surface area contributed by atoms with Crippen molar-refractivity contribution < 1.29 is 14.0 Å². The highest BCUT2D eigenvalue weighted by atomic mass is 28.4. The first kappa shape index (κ1) is 16.9. The number of ether oxygens (including phenoxy) is 1. The first-order chi connectivity index (χ1) is 9.17. The molecule has 5 heteroatoms. The molecule has 0 N–H and O–H groups in total. The number of hydrogen-bond donors (Lipinski definition) is 0. The molecule has 0 radical (unpaired) electrons. The first-order valence-corrected chi connectivity index (χ1v) is 9.74. The third kappa shape index (κ3) is 4.42. The third-order valence-corrected chi connectivity index (χ3v) is 8.33. The summed E-state index contributed by atoms with van der Waals surface area (Å²) >= 11 is 0. The molecule has 0 amide bonds. The maximum atomic E-state index is 11.6. The van der Waals surface area contributed by atoms with Gasteiger partial charge >= 0.3 is 5.97 Å². The van der Waals surface area contributed by atoms with Crippen LogP contribution in [0.5, 0.6) is 0 Å². The van der Waals surface area contributed by atoms with Crippen molar-refractivity contribution >= 4 is 14.3 Å². The number of nitrogens with zero attached hydrogens (tertiary/aromatic N) is 1. The molecule has 0 aliphatic rings. The Morgan fingerprint density at radius 1 is 1.35 bits per heavy atom. The molecular weight excluding hydrogens is 270 g/mol. The second-order valence-electron chi connectivity index (χ2n) is 6.40. The summed E-state index contributed by atoms with van der Waals surface area (Å²) in [4.78, 5) is 15.9. The maximum Gasteiger partial charge on any atom is 0.308 e. The van der Waals surface area contributed by atoms with E-state index in [0.717, 1.165) is 5.69 Å².